The lowest BCUT2D eigenvalue weighted by molar-refractivity contribution is -0.342. The summed E-state index contributed by atoms with van der Waals surface area (Å²) >= 11 is 0. The summed E-state index contributed by atoms with van der Waals surface area (Å²) in [6.45, 7) is 1.17. The highest BCUT2D eigenvalue weighted by Crippen LogP contribution is 2.46. The number of ketones is 1. The van der Waals surface area contributed by atoms with Gasteiger partial charge in [0.25, 0.3) is 0 Å². The van der Waals surface area contributed by atoms with Crippen molar-refractivity contribution < 1.29 is 54.1 Å². The van der Waals surface area contributed by atoms with Crippen LogP contribution in [0.3, 0.4) is 0 Å². The maximum atomic E-state index is 12.8. The molecule has 192 valence electrons. The second kappa shape index (κ2) is 10.6. The van der Waals surface area contributed by atoms with E-state index in [1.54, 1.807) is 31.2 Å². The van der Waals surface area contributed by atoms with Crippen molar-refractivity contribution in [3.63, 3.8) is 0 Å². The number of ether oxygens (including phenoxy) is 4. The summed E-state index contributed by atoms with van der Waals surface area (Å²) < 4.78 is 22.2. The molecule has 1 aliphatic carbocycles. The number of aliphatic hydroxyl groups is 4. The van der Waals surface area contributed by atoms with Gasteiger partial charge >= 0.3 is 5.97 Å². The normalized spacial score (nSPS) is 36.8. The predicted molar refractivity (Wildman–Crippen MR) is 116 cm³/mol. The number of aromatic hydroxyl groups is 1. The van der Waals surface area contributed by atoms with Gasteiger partial charge < -0.3 is 44.5 Å². The molecule has 11 nitrogen and oxygen atoms in total. The molecule has 2 fully saturated rings. The van der Waals surface area contributed by atoms with Crippen LogP contribution in [-0.4, -0.2) is 87.5 Å². The van der Waals surface area contributed by atoms with Crippen LogP contribution >= 0.6 is 0 Å². The highest BCUT2D eigenvalue weighted by molar-refractivity contribution is 5.93. The summed E-state index contributed by atoms with van der Waals surface area (Å²) in [7, 11) is 0. The van der Waals surface area contributed by atoms with E-state index < -0.39 is 67.3 Å². The van der Waals surface area contributed by atoms with Gasteiger partial charge in [-0.1, -0.05) is 19.1 Å². The van der Waals surface area contributed by atoms with Crippen molar-refractivity contribution in [2.24, 2.45) is 17.8 Å². The van der Waals surface area contributed by atoms with E-state index in [2.05, 4.69) is 0 Å². The molecule has 0 bridgehead atoms. The molecular weight excluding hydrogens is 464 g/mol. The van der Waals surface area contributed by atoms with Crippen molar-refractivity contribution >= 4 is 11.8 Å². The standard InChI is InChI=1S/C24H30O11/c1-11-16(27)8-14-15(22(31)32-7-6-12-2-4-13(26)5-3-12)10-33-23(18(11)14)35-24-21(30)20(29)19(28)17(9-25)34-24/h2-5,10-11,14,17-21,23-26,28-30H,6-9H2,1H3. The van der Waals surface area contributed by atoms with Crippen molar-refractivity contribution in [3.8, 4) is 5.75 Å². The summed E-state index contributed by atoms with van der Waals surface area (Å²) in [5.74, 6) is -2.21. The molecule has 0 radical (unpaired) electrons. The van der Waals surface area contributed by atoms with Gasteiger partial charge in [-0.3, -0.25) is 4.79 Å². The second-order valence-corrected chi connectivity index (χ2v) is 9.11. The predicted octanol–water partition coefficient (Wildman–Crippen LogP) is -0.624. The summed E-state index contributed by atoms with van der Waals surface area (Å²) in [5, 5.41) is 49.0. The minimum atomic E-state index is -1.63. The van der Waals surface area contributed by atoms with Crippen LogP contribution in [0.2, 0.25) is 0 Å². The quantitative estimate of drug-likeness (QED) is 0.306. The van der Waals surface area contributed by atoms with E-state index in [0.29, 0.717) is 6.42 Å². The topological polar surface area (TPSA) is 172 Å². The Hall–Kier alpha value is -2.54. The molecule has 2 aliphatic heterocycles. The first-order valence-corrected chi connectivity index (χ1v) is 11.5. The van der Waals surface area contributed by atoms with Gasteiger partial charge in [0.15, 0.2) is 6.29 Å². The first kappa shape index (κ1) is 25.5. The molecule has 3 aliphatic rings. The third-order valence-electron chi connectivity index (χ3n) is 6.93. The maximum absolute atomic E-state index is 12.8. The monoisotopic (exact) mass is 494 g/mol. The van der Waals surface area contributed by atoms with Crippen LogP contribution in [0, 0.1) is 17.8 Å². The number of phenolic OH excluding ortho intramolecular Hbond substituents is 1. The lowest BCUT2D eigenvalue weighted by Crippen LogP contribution is -2.60. The summed E-state index contributed by atoms with van der Waals surface area (Å²) in [5.41, 5.74) is 1.08. The largest absolute Gasteiger partial charge is 0.508 e. The Bertz CT molecular complexity index is 943. The van der Waals surface area contributed by atoms with E-state index in [-0.39, 0.29) is 30.1 Å². The highest BCUT2D eigenvalue weighted by atomic mass is 16.8. The first-order chi connectivity index (χ1) is 16.7. The first-order valence-electron chi connectivity index (χ1n) is 11.5. The molecule has 11 heteroatoms. The molecule has 9 unspecified atom stereocenters. The van der Waals surface area contributed by atoms with Crippen molar-refractivity contribution in [2.45, 2.75) is 56.8 Å². The van der Waals surface area contributed by atoms with E-state index in [4.69, 9.17) is 18.9 Å². The Labute approximate surface area is 201 Å². The molecule has 5 N–H and O–H groups in total. The fourth-order valence-electron chi connectivity index (χ4n) is 4.80. The zero-order valence-electron chi connectivity index (χ0n) is 19.1. The number of hydrogen-bond acceptors (Lipinski definition) is 11. The van der Waals surface area contributed by atoms with Crippen molar-refractivity contribution in [1.82, 2.24) is 0 Å². The van der Waals surface area contributed by atoms with E-state index in [9.17, 15) is 35.1 Å². The van der Waals surface area contributed by atoms with Crippen molar-refractivity contribution in [1.29, 1.82) is 0 Å². The third-order valence-corrected chi connectivity index (χ3v) is 6.93. The Morgan fingerprint density at radius 2 is 1.80 bits per heavy atom. The van der Waals surface area contributed by atoms with Gasteiger partial charge in [-0.2, -0.15) is 0 Å². The minimum absolute atomic E-state index is 0.0859. The number of rotatable bonds is 7. The molecule has 0 amide bonds. The molecule has 1 saturated carbocycles. The molecule has 2 heterocycles. The second-order valence-electron chi connectivity index (χ2n) is 9.11. The molecule has 1 saturated heterocycles. The minimum Gasteiger partial charge on any atom is -0.508 e. The zero-order chi connectivity index (χ0) is 25.3. The molecule has 0 aromatic heterocycles. The molecule has 9 atom stereocenters. The Morgan fingerprint density at radius 3 is 2.49 bits per heavy atom. The molecule has 4 rings (SSSR count). The van der Waals surface area contributed by atoms with E-state index in [1.807, 2.05) is 0 Å². The third kappa shape index (κ3) is 5.20. The van der Waals surface area contributed by atoms with Crippen LogP contribution in [0.5, 0.6) is 5.75 Å². The number of carbonyl (C=O) groups is 2. The molecule has 0 spiro atoms. The highest BCUT2D eigenvalue weighted by Gasteiger charge is 2.53. The van der Waals surface area contributed by atoms with Crippen LogP contribution in [0.15, 0.2) is 36.1 Å². The van der Waals surface area contributed by atoms with Gasteiger partial charge in [0, 0.05) is 30.6 Å². The average molecular weight is 494 g/mol. The number of esters is 1. The van der Waals surface area contributed by atoms with E-state index in [1.165, 1.54) is 6.26 Å². The van der Waals surface area contributed by atoms with Gasteiger partial charge in [0.2, 0.25) is 6.29 Å². The molecule has 1 aromatic rings. The fraction of sp³-hybridized carbons (Fsp3) is 0.583. The number of aliphatic hydroxyl groups excluding tert-OH is 4. The number of carbonyl (C=O) groups excluding carboxylic acids is 2. The van der Waals surface area contributed by atoms with Crippen molar-refractivity contribution in [2.75, 3.05) is 13.2 Å². The van der Waals surface area contributed by atoms with Gasteiger partial charge in [-0.25, -0.2) is 4.79 Å². The summed E-state index contributed by atoms with van der Waals surface area (Å²) in [4.78, 5) is 25.3. The lowest BCUT2D eigenvalue weighted by atomic mass is 9.83. The number of benzene rings is 1. The molecular formula is C24H30O11. The summed E-state index contributed by atoms with van der Waals surface area (Å²) in [6.07, 6.45) is -6.76. The van der Waals surface area contributed by atoms with Crippen LogP contribution in [-0.2, 0) is 35.0 Å². The number of phenols is 1. The van der Waals surface area contributed by atoms with Gasteiger partial charge in [-0.15, -0.1) is 0 Å². The maximum Gasteiger partial charge on any atom is 0.337 e. The Kier molecular flexibility index (Phi) is 7.74. The van der Waals surface area contributed by atoms with E-state index >= 15 is 0 Å². The van der Waals surface area contributed by atoms with Crippen LogP contribution in [0.1, 0.15) is 18.9 Å². The van der Waals surface area contributed by atoms with Crippen LogP contribution in [0.25, 0.3) is 0 Å². The van der Waals surface area contributed by atoms with Crippen LogP contribution in [0.4, 0.5) is 0 Å². The van der Waals surface area contributed by atoms with Crippen molar-refractivity contribution in [3.05, 3.63) is 41.7 Å². The number of hydrogen-bond donors (Lipinski definition) is 5. The van der Waals surface area contributed by atoms with E-state index in [0.717, 1.165) is 5.56 Å². The smallest absolute Gasteiger partial charge is 0.337 e. The van der Waals surface area contributed by atoms with Gasteiger partial charge in [-0.05, 0) is 17.7 Å². The molecule has 35 heavy (non-hydrogen) atoms. The Morgan fingerprint density at radius 1 is 1.09 bits per heavy atom. The Balaban J connectivity index is 1.43. The van der Waals surface area contributed by atoms with Gasteiger partial charge in [0.1, 0.15) is 35.9 Å². The zero-order valence-corrected chi connectivity index (χ0v) is 19.1. The fourth-order valence-corrected chi connectivity index (χ4v) is 4.80. The molecule has 1 aromatic carbocycles. The SMILES string of the molecule is CC1C(=O)CC2C(C(=O)OCCc3ccc(O)cc3)=COC(OC3OC(CO)C(O)C(O)C3O)C12. The van der Waals surface area contributed by atoms with Gasteiger partial charge in [0.05, 0.1) is 25.0 Å². The average Bonchev–Trinajstić information content (AvgIpc) is 3.15. The lowest BCUT2D eigenvalue weighted by Gasteiger charge is -2.42. The number of fused-ring (bicyclic) bond motifs is 1. The number of Topliss-reactive ketones (excluding diaryl/α,β-unsaturated/α-hetero) is 1. The summed E-state index contributed by atoms with van der Waals surface area (Å²) in [6, 6.07) is 6.53. The van der Waals surface area contributed by atoms with Crippen LogP contribution < -0.4 is 0 Å².